The largest absolute Gasteiger partial charge is 0.444 e. The lowest BCUT2D eigenvalue weighted by Crippen LogP contribution is -2.41. The summed E-state index contributed by atoms with van der Waals surface area (Å²) in [6.45, 7) is 8.25. The van der Waals surface area contributed by atoms with E-state index in [1.165, 1.54) is 0 Å². The summed E-state index contributed by atoms with van der Waals surface area (Å²) < 4.78 is 7.07. The third-order valence-electron chi connectivity index (χ3n) is 5.11. The van der Waals surface area contributed by atoms with Gasteiger partial charge in [-0.05, 0) is 57.7 Å². The summed E-state index contributed by atoms with van der Waals surface area (Å²) in [5, 5.41) is 0. The highest BCUT2D eigenvalue weighted by atomic mass is 16.6. The van der Waals surface area contributed by atoms with Crippen LogP contribution in [0.5, 0.6) is 0 Å². The molecule has 0 aliphatic carbocycles. The van der Waals surface area contributed by atoms with E-state index in [-0.39, 0.29) is 11.8 Å². The molecule has 0 atom stereocenters. The summed E-state index contributed by atoms with van der Waals surface area (Å²) in [4.78, 5) is 30.8. The van der Waals surface area contributed by atoms with Gasteiger partial charge in [0, 0.05) is 39.4 Å². The van der Waals surface area contributed by atoms with Crippen molar-refractivity contribution in [2.24, 2.45) is 13.0 Å². The molecule has 1 saturated heterocycles. The number of carbonyl (C=O) groups excluding carboxylic acids is 1. The number of hydrogen-bond acceptors (Lipinski definition) is 4. The van der Waals surface area contributed by atoms with Crippen LogP contribution in [-0.2, 0) is 11.8 Å². The molecular formula is C20H30N4O3. The van der Waals surface area contributed by atoms with Gasteiger partial charge in [0.05, 0.1) is 11.0 Å². The zero-order valence-corrected chi connectivity index (χ0v) is 16.9. The SMILES string of the molecule is CN(CC1CCN(c2ccc3[nH]c(=O)n(C)c3c2)CC1)C(=O)OC(C)(C)C. The number of H-pyrrole nitrogens is 1. The number of anilines is 1. The number of imidazole rings is 1. The second kappa shape index (κ2) is 7.29. The Morgan fingerprint density at radius 2 is 1.96 bits per heavy atom. The summed E-state index contributed by atoms with van der Waals surface area (Å²) in [7, 11) is 3.59. The fourth-order valence-electron chi connectivity index (χ4n) is 3.58. The molecule has 27 heavy (non-hydrogen) atoms. The molecule has 0 spiro atoms. The monoisotopic (exact) mass is 374 g/mol. The molecule has 0 unspecified atom stereocenters. The predicted octanol–water partition coefficient (Wildman–Crippen LogP) is 2.95. The van der Waals surface area contributed by atoms with Crippen molar-refractivity contribution in [3.8, 4) is 0 Å². The number of carbonyl (C=O) groups is 1. The number of aromatic nitrogens is 2. The molecule has 2 heterocycles. The minimum atomic E-state index is -0.467. The van der Waals surface area contributed by atoms with Crippen LogP contribution in [0.15, 0.2) is 23.0 Å². The number of rotatable bonds is 3. The number of nitrogens with zero attached hydrogens (tertiary/aromatic N) is 3. The minimum absolute atomic E-state index is 0.0916. The van der Waals surface area contributed by atoms with Crippen LogP contribution >= 0.6 is 0 Å². The Balaban J connectivity index is 1.58. The van der Waals surface area contributed by atoms with Gasteiger partial charge in [-0.15, -0.1) is 0 Å². The first-order chi connectivity index (χ1) is 12.6. The topological polar surface area (TPSA) is 70.6 Å². The van der Waals surface area contributed by atoms with Gasteiger partial charge >= 0.3 is 11.8 Å². The molecule has 1 aliphatic heterocycles. The number of aryl methyl sites for hydroxylation is 1. The first-order valence-corrected chi connectivity index (χ1v) is 9.52. The van der Waals surface area contributed by atoms with Gasteiger partial charge in [-0.25, -0.2) is 9.59 Å². The van der Waals surface area contributed by atoms with Crippen LogP contribution in [0.2, 0.25) is 0 Å². The standard InChI is InChI=1S/C20H30N4O3/c1-20(2,3)27-19(26)22(4)13-14-8-10-24(11-9-14)15-6-7-16-17(12-15)23(5)18(25)21-16/h6-7,12,14H,8-11,13H2,1-5H3,(H,21,25). The van der Waals surface area contributed by atoms with E-state index >= 15 is 0 Å². The summed E-state index contributed by atoms with van der Waals surface area (Å²) in [6.07, 6.45) is 1.79. The maximum Gasteiger partial charge on any atom is 0.410 e. The number of hydrogen-bond donors (Lipinski definition) is 1. The molecule has 1 aromatic heterocycles. The molecule has 1 N–H and O–H groups in total. The number of amides is 1. The normalized spacial score (nSPS) is 16.0. The van der Waals surface area contributed by atoms with E-state index in [0.29, 0.717) is 12.5 Å². The summed E-state index contributed by atoms with van der Waals surface area (Å²) in [5.74, 6) is 0.471. The third kappa shape index (κ3) is 4.46. The zero-order chi connectivity index (χ0) is 19.8. The molecule has 3 rings (SSSR count). The average Bonchev–Trinajstić information content (AvgIpc) is 2.88. The van der Waals surface area contributed by atoms with Gasteiger partial charge in [-0.1, -0.05) is 0 Å². The van der Waals surface area contributed by atoms with Crippen molar-refractivity contribution in [3.63, 3.8) is 0 Å². The first-order valence-electron chi connectivity index (χ1n) is 9.52. The van der Waals surface area contributed by atoms with Crippen LogP contribution < -0.4 is 10.6 Å². The van der Waals surface area contributed by atoms with Crippen LogP contribution in [0.4, 0.5) is 10.5 Å². The maximum absolute atomic E-state index is 12.1. The molecule has 1 aliphatic rings. The van der Waals surface area contributed by atoms with E-state index in [0.717, 1.165) is 42.7 Å². The smallest absolute Gasteiger partial charge is 0.410 e. The van der Waals surface area contributed by atoms with Gasteiger partial charge in [0.1, 0.15) is 5.60 Å². The molecule has 2 aromatic rings. The van der Waals surface area contributed by atoms with Gasteiger partial charge < -0.3 is 19.5 Å². The number of aromatic amines is 1. The molecule has 1 fully saturated rings. The Hall–Kier alpha value is -2.44. The van der Waals surface area contributed by atoms with Crippen LogP contribution in [0.25, 0.3) is 11.0 Å². The minimum Gasteiger partial charge on any atom is -0.444 e. The Morgan fingerprint density at radius 1 is 1.30 bits per heavy atom. The van der Waals surface area contributed by atoms with Crippen molar-refractivity contribution in [1.82, 2.24) is 14.5 Å². The van der Waals surface area contributed by atoms with Gasteiger partial charge in [-0.2, -0.15) is 0 Å². The van der Waals surface area contributed by atoms with Crippen molar-refractivity contribution in [2.45, 2.75) is 39.2 Å². The van der Waals surface area contributed by atoms with Crippen LogP contribution in [0.3, 0.4) is 0 Å². The molecule has 7 nitrogen and oxygen atoms in total. The third-order valence-corrected chi connectivity index (χ3v) is 5.11. The average molecular weight is 374 g/mol. The lowest BCUT2D eigenvalue weighted by Gasteiger charge is -2.35. The van der Waals surface area contributed by atoms with E-state index in [4.69, 9.17) is 4.74 Å². The van der Waals surface area contributed by atoms with E-state index in [2.05, 4.69) is 22.0 Å². The molecule has 1 aromatic carbocycles. The van der Waals surface area contributed by atoms with Gasteiger partial charge in [0.15, 0.2) is 0 Å². The molecule has 0 bridgehead atoms. The molecule has 1 amide bonds. The fraction of sp³-hybridized carbons (Fsp3) is 0.600. The Labute approximate surface area is 159 Å². The quantitative estimate of drug-likeness (QED) is 0.897. The fourth-order valence-corrected chi connectivity index (χ4v) is 3.58. The van der Waals surface area contributed by atoms with Gasteiger partial charge in [-0.3, -0.25) is 4.57 Å². The molecular weight excluding hydrogens is 344 g/mol. The number of benzene rings is 1. The number of ether oxygens (including phenoxy) is 1. The number of fused-ring (bicyclic) bond motifs is 1. The molecule has 7 heteroatoms. The van der Waals surface area contributed by atoms with Crippen LogP contribution in [-0.4, -0.2) is 52.8 Å². The van der Waals surface area contributed by atoms with Crippen molar-refractivity contribution in [1.29, 1.82) is 0 Å². The van der Waals surface area contributed by atoms with Crippen molar-refractivity contribution in [2.75, 3.05) is 31.6 Å². The maximum atomic E-state index is 12.1. The van der Waals surface area contributed by atoms with E-state index < -0.39 is 5.60 Å². The Bertz CT molecular complexity index is 869. The first kappa shape index (κ1) is 19.3. The van der Waals surface area contributed by atoms with E-state index in [1.807, 2.05) is 26.8 Å². The van der Waals surface area contributed by atoms with Gasteiger partial charge in [0.2, 0.25) is 0 Å². The lowest BCUT2D eigenvalue weighted by atomic mass is 9.96. The van der Waals surface area contributed by atoms with Crippen molar-refractivity contribution < 1.29 is 9.53 Å². The lowest BCUT2D eigenvalue weighted by molar-refractivity contribution is 0.0266. The molecule has 148 valence electrons. The highest BCUT2D eigenvalue weighted by Gasteiger charge is 2.25. The number of piperidine rings is 1. The molecule has 0 saturated carbocycles. The highest BCUT2D eigenvalue weighted by molar-refractivity contribution is 5.79. The zero-order valence-electron chi connectivity index (χ0n) is 16.9. The van der Waals surface area contributed by atoms with Crippen LogP contribution in [0, 0.1) is 5.92 Å². The van der Waals surface area contributed by atoms with E-state index in [1.54, 1.807) is 23.6 Å². The summed E-state index contributed by atoms with van der Waals surface area (Å²) in [5.41, 5.74) is 2.36. The van der Waals surface area contributed by atoms with Crippen molar-refractivity contribution in [3.05, 3.63) is 28.7 Å². The predicted molar refractivity (Wildman–Crippen MR) is 107 cm³/mol. The van der Waals surface area contributed by atoms with Crippen molar-refractivity contribution >= 4 is 22.8 Å². The summed E-state index contributed by atoms with van der Waals surface area (Å²) >= 11 is 0. The summed E-state index contributed by atoms with van der Waals surface area (Å²) in [6, 6.07) is 6.10. The highest BCUT2D eigenvalue weighted by Crippen LogP contribution is 2.26. The van der Waals surface area contributed by atoms with Crippen LogP contribution in [0.1, 0.15) is 33.6 Å². The second-order valence-corrected chi connectivity index (χ2v) is 8.48. The van der Waals surface area contributed by atoms with Gasteiger partial charge in [0.25, 0.3) is 0 Å². The van der Waals surface area contributed by atoms with E-state index in [9.17, 15) is 9.59 Å². The Kier molecular flexibility index (Phi) is 5.22. The Morgan fingerprint density at radius 3 is 2.59 bits per heavy atom. The second-order valence-electron chi connectivity index (χ2n) is 8.48. The molecule has 0 radical (unpaired) electrons. The number of nitrogens with one attached hydrogen (secondary N) is 1.